The monoisotopic (exact) mass is 402 g/mol. The van der Waals surface area contributed by atoms with Crippen molar-refractivity contribution in [1.29, 1.82) is 0 Å². The van der Waals surface area contributed by atoms with Gasteiger partial charge in [0, 0.05) is 0 Å². The predicted molar refractivity (Wildman–Crippen MR) is 96.8 cm³/mol. The summed E-state index contributed by atoms with van der Waals surface area (Å²) in [5.41, 5.74) is -0.357. The Bertz CT molecular complexity index is 558. The minimum atomic E-state index is -1.20. The third-order valence-corrected chi connectivity index (χ3v) is 5.15. The van der Waals surface area contributed by atoms with Gasteiger partial charge in [0.05, 0.1) is 13.2 Å². The normalized spacial score (nSPS) is 24.6. The topological polar surface area (TPSA) is 97.4 Å². The highest BCUT2D eigenvalue weighted by atomic mass is 32.1. The first-order valence-electron chi connectivity index (χ1n) is 8.99. The quantitative estimate of drug-likeness (QED) is 0.0822. The van der Waals surface area contributed by atoms with Crippen molar-refractivity contribution in [1.82, 2.24) is 0 Å². The van der Waals surface area contributed by atoms with Crippen molar-refractivity contribution in [3.63, 3.8) is 0 Å². The number of esters is 2. The molecule has 2 aliphatic carbocycles. The van der Waals surface area contributed by atoms with Gasteiger partial charge in [-0.05, 0) is 50.0 Å². The Morgan fingerprint density at radius 2 is 1.52 bits per heavy atom. The highest BCUT2D eigenvalue weighted by molar-refractivity contribution is 7.96. The highest BCUT2D eigenvalue weighted by Gasteiger charge is 2.68. The van der Waals surface area contributed by atoms with E-state index in [4.69, 9.17) is 19.2 Å². The van der Waals surface area contributed by atoms with E-state index in [0.29, 0.717) is 12.8 Å². The van der Waals surface area contributed by atoms with Crippen molar-refractivity contribution in [2.75, 3.05) is 33.0 Å². The van der Waals surface area contributed by atoms with Crippen LogP contribution in [0, 0.1) is 23.2 Å². The van der Waals surface area contributed by atoms with E-state index < -0.39 is 22.7 Å². The molecule has 0 amide bonds. The van der Waals surface area contributed by atoms with Crippen molar-refractivity contribution in [3.8, 4) is 0 Å². The van der Waals surface area contributed by atoms with Crippen molar-refractivity contribution in [2.45, 2.75) is 26.7 Å². The first-order chi connectivity index (χ1) is 12.9. The van der Waals surface area contributed by atoms with Gasteiger partial charge in [-0.15, -0.1) is 0 Å². The molecule has 27 heavy (non-hydrogen) atoms. The maximum Gasteiger partial charge on any atom is 0.364 e. The lowest BCUT2D eigenvalue weighted by atomic mass is 9.80. The van der Waals surface area contributed by atoms with Gasteiger partial charge in [0.25, 0.3) is 0 Å². The second-order valence-corrected chi connectivity index (χ2v) is 7.01. The number of hydrogen-bond donors (Lipinski definition) is 1. The Morgan fingerprint density at radius 1 is 0.963 bits per heavy atom. The molecule has 2 atom stereocenters. The molecule has 2 unspecified atom stereocenters. The number of carbonyl (C=O) groups excluding carboxylic acids is 3. The summed E-state index contributed by atoms with van der Waals surface area (Å²) in [6.07, 6.45) is 0.801. The molecule has 0 aromatic carbocycles. The minimum Gasteiger partial charge on any atom is -0.465 e. The molecular weight excluding hydrogens is 376 g/mol. The first kappa shape index (κ1) is 21.7. The molecule has 9 heteroatoms. The van der Waals surface area contributed by atoms with Crippen molar-refractivity contribution >= 4 is 29.9 Å². The second kappa shape index (κ2) is 9.57. The van der Waals surface area contributed by atoms with Gasteiger partial charge in [0.2, 0.25) is 0 Å². The van der Waals surface area contributed by atoms with Crippen molar-refractivity contribution < 1.29 is 38.4 Å². The predicted octanol–water partition coefficient (Wildman–Crippen LogP) is 2.33. The standard InChI is InChI=1S/C18H26O8S/c1-4-22-15(19)18(16(20)23-5-2)8-12-13(9-18)14(12)11(3)10-26-25-7-6-24-17(21)27/h12-14H,3-10H2,1-2H3,(H,21,27). The molecule has 0 aromatic heterocycles. The maximum absolute atomic E-state index is 12.4. The van der Waals surface area contributed by atoms with Crippen LogP contribution in [0.2, 0.25) is 0 Å². The molecule has 2 aliphatic rings. The van der Waals surface area contributed by atoms with E-state index >= 15 is 0 Å². The van der Waals surface area contributed by atoms with E-state index in [1.54, 1.807) is 13.8 Å². The number of hydrogen-bond acceptors (Lipinski definition) is 8. The number of fused-ring (bicyclic) bond motifs is 1. The fraction of sp³-hybridized carbons (Fsp3) is 0.722. The molecule has 2 fully saturated rings. The number of carbonyl (C=O) groups is 3. The molecule has 0 radical (unpaired) electrons. The van der Waals surface area contributed by atoms with Crippen molar-refractivity contribution in [2.24, 2.45) is 23.2 Å². The van der Waals surface area contributed by atoms with E-state index in [1.807, 2.05) is 0 Å². The summed E-state index contributed by atoms with van der Waals surface area (Å²) in [5.74, 6) is -0.461. The van der Waals surface area contributed by atoms with Crippen LogP contribution in [0.5, 0.6) is 0 Å². The van der Waals surface area contributed by atoms with E-state index in [-0.39, 0.29) is 50.8 Å². The molecular formula is C18H26O8S. The Labute approximate surface area is 163 Å². The van der Waals surface area contributed by atoms with Gasteiger partial charge in [0.1, 0.15) is 19.8 Å². The Kier molecular flexibility index (Phi) is 7.69. The zero-order valence-electron chi connectivity index (χ0n) is 15.6. The SMILES string of the molecule is C=C(COOCCOC(=O)S)C1C2CC(C(=O)OCC)(C(=O)OCC)CC21. The molecule has 0 saturated heterocycles. The van der Waals surface area contributed by atoms with Gasteiger partial charge in [-0.3, -0.25) is 9.59 Å². The number of thiol groups is 1. The highest BCUT2D eigenvalue weighted by Crippen LogP contribution is 2.66. The average Bonchev–Trinajstić information content (AvgIpc) is 3.13. The molecule has 0 aliphatic heterocycles. The Balaban J connectivity index is 1.80. The van der Waals surface area contributed by atoms with Gasteiger partial charge in [0.15, 0.2) is 5.41 Å². The van der Waals surface area contributed by atoms with Crippen LogP contribution in [0.15, 0.2) is 12.2 Å². The fourth-order valence-electron chi connectivity index (χ4n) is 3.89. The third kappa shape index (κ3) is 5.03. The van der Waals surface area contributed by atoms with E-state index in [1.165, 1.54) is 0 Å². The second-order valence-electron chi connectivity index (χ2n) is 6.64. The summed E-state index contributed by atoms with van der Waals surface area (Å²) < 4.78 is 14.9. The molecule has 0 spiro atoms. The van der Waals surface area contributed by atoms with Crippen LogP contribution in [0.3, 0.4) is 0 Å². The lowest BCUT2D eigenvalue weighted by molar-refractivity contribution is -0.291. The number of ether oxygens (including phenoxy) is 3. The first-order valence-corrected chi connectivity index (χ1v) is 9.44. The zero-order chi connectivity index (χ0) is 20.0. The lowest BCUT2D eigenvalue weighted by Gasteiger charge is -2.27. The summed E-state index contributed by atoms with van der Waals surface area (Å²) in [6, 6.07) is 0. The van der Waals surface area contributed by atoms with Crippen LogP contribution in [-0.2, 0) is 33.6 Å². The van der Waals surface area contributed by atoms with E-state index in [9.17, 15) is 14.4 Å². The van der Waals surface area contributed by atoms with Crippen LogP contribution >= 0.6 is 12.6 Å². The van der Waals surface area contributed by atoms with Crippen LogP contribution in [0.4, 0.5) is 4.79 Å². The average molecular weight is 402 g/mol. The molecule has 8 nitrogen and oxygen atoms in total. The Hall–Kier alpha value is -1.58. The van der Waals surface area contributed by atoms with Crippen LogP contribution < -0.4 is 0 Å². The molecule has 0 heterocycles. The van der Waals surface area contributed by atoms with E-state index in [2.05, 4.69) is 23.9 Å². The van der Waals surface area contributed by atoms with Crippen molar-refractivity contribution in [3.05, 3.63) is 12.2 Å². The summed E-state index contributed by atoms with van der Waals surface area (Å²) >= 11 is 3.46. The van der Waals surface area contributed by atoms with E-state index in [0.717, 1.165) is 5.57 Å². The van der Waals surface area contributed by atoms with Gasteiger partial charge in [-0.25, -0.2) is 14.6 Å². The van der Waals surface area contributed by atoms with Crippen LogP contribution in [0.1, 0.15) is 26.7 Å². The largest absolute Gasteiger partial charge is 0.465 e. The van der Waals surface area contributed by atoms with Gasteiger partial charge < -0.3 is 14.2 Å². The van der Waals surface area contributed by atoms with Crippen LogP contribution in [0.25, 0.3) is 0 Å². The summed E-state index contributed by atoms with van der Waals surface area (Å²) in [7, 11) is 0. The summed E-state index contributed by atoms with van der Waals surface area (Å²) in [6.45, 7) is 8.22. The summed E-state index contributed by atoms with van der Waals surface area (Å²) in [4.78, 5) is 45.3. The smallest absolute Gasteiger partial charge is 0.364 e. The molecule has 2 saturated carbocycles. The van der Waals surface area contributed by atoms with Gasteiger partial charge in [-0.1, -0.05) is 19.2 Å². The van der Waals surface area contributed by atoms with Gasteiger partial charge in [-0.2, -0.15) is 0 Å². The Morgan fingerprint density at radius 3 is 2.00 bits per heavy atom. The van der Waals surface area contributed by atoms with Crippen LogP contribution in [-0.4, -0.2) is 50.3 Å². The molecule has 152 valence electrons. The molecule has 0 N–H and O–H groups in total. The maximum atomic E-state index is 12.4. The molecule has 0 aromatic rings. The fourth-order valence-corrected chi connectivity index (χ4v) is 3.98. The number of rotatable bonds is 11. The third-order valence-electron chi connectivity index (χ3n) is 5.02. The lowest BCUT2D eigenvalue weighted by Crippen LogP contribution is -2.41. The minimum absolute atomic E-state index is 0.0467. The van der Waals surface area contributed by atoms with Gasteiger partial charge >= 0.3 is 17.2 Å². The zero-order valence-corrected chi connectivity index (χ0v) is 16.5. The summed E-state index contributed by atoms with van der Waals surface area (Å²) in [5, 5.41) is -0.680. The molecule has 2 rings (SSSR count). The molecule has 0 bridgehead atoms.